The van der Waals surface area contributed by atoms with Crippen LogP contribution in [0.2, 0.25) is 0 Å². The zero-order chi connectivity index (χ0) is 13.9. The van der Waals surface area contributed by atoms with Gasteiger partial charge >= 0.3 is 0 Å². The van der Waals surface area contributed by atoms with E-state index < -0.39 is 0 Å². The zero-order valence-corrected chi connectivity index (χ0v) is 12.6. The van der Waals surface area contributed by atoms with Gasteiger partial charge in [-0.2, -0.15) is 0 Å². The molecule has 1 fully saturated rings. The monoisotopic (exact) mass is 337 g/mol. The first-order chi connectivity index (χ1) is 9.74. The Labute approximate surface area is 125 Å². The largest absolute Gasteiger partial charge is 0.398 e. The molecule has 1 aliphatic heterocycles. The Bertz CT molecular complexity index is 594. The normalized spacial score (nSPS) is 19.1. The molecule has 1 atom stereocenters. The van der Waals surface area contributed by atoms with Crippen LogP contribution in [-0.4, -0.2) is 33.4 Å². The van der Waals surface area contributed by atoms with E-state index in [0.29, 0.717) is 11.6 Å². The summed E-state index contributed by atoms with van der Waals surface area (Å²) in [5.74, 6) is 1.22. The molecule has 1 aliphatic rings. The molecule has 20 heavy (non-hydrogen) atoms. The van der Waals surface area contributed by atoms with Gasteiger partial charge in [-0.05, 0) is 57.4 Å². The molecule has 0 amide bonds. The average Bonchev–Trinajstić information content (AvgIpc) is 2.91. The number of hydrogen-bond donors (Lipinski definition) is 1. The number of halogens is 1. The molecule has 2 aromatic rings. The van der Waals surface area contributed by atoms with Crippen LogP contribution in [0.1, 0.15) is 12.8 Å². The minimum absolute atomic E-state index is 0.471. The summed E-state index contributed by atoms with van der Waals surface area (Å²) in [6.45, 7) is 2.42. The van der Waals surface area contributed by atoms with Crippen LogP contribution in [0.25, 0.3) is 11.4 Å². The second-order valence-corrected chi connectivity index (χ2v) is 5.86. The first kappa shape index (κ1) is 13.5. The van der Waals surface area contributed by atoms with Gasteiger partial charge in [-0.25, -0.2) is 4.68 Å². The van der Waals surface area contributed by atoms with Gasteiger partial charge in [-0.15, -0.1) is 5.10 Å². The fourth-order valence-corrected chi connectivity index (χ4v) is 2.66. The van der Waals surface area contributed by atoms with Gasteiger partial charge in [-0.1, -0.05) is 0 Å². The van der Waals surface area contributed by atoms with Crippen LogP contribution in [0.15, 0.2) is 22.7 Å². The summed E-state index contributed by atoms with van der Waals surface area (Å²) in [5.41, 5.74) is 7.52. The maximum atomic E-state index is 5.92. The molecule has 7 heteroatoms. The van der Waals surface area contributed by atoms with Crippen molar-refractivity contribution in [1.29, 1.82) is 0 Å². The average molecular weight is 338 g/mol. The highest BCUT2D eigenvalue weighted by atomic mass is 79.9. The number of hydrogen-bond acceptors (Lipinski definition) is 5. The van der Waals surface area contributed by atoms with Crippen molar-refractivity contribution in [1.82, 2.24) is 20.2 Å². The molecular formula is C13H16BrN5O. The van der Waals surface area contributed by atoms with E-state index in [2.05, 4.69) is 31.5 Å². The molecule has 1 unspecified atom stereocenters. The van der Waals surface area contributed by atoms with E-state index in [0.717, 1.165) is 48.5 Å². The fraction of sp³-hybridized carbons (Fsp3) is 0.462. The quantitative estimate of drug-likeness (QED) is 0.867. The van der Waals surface area contributed by atoms with E-state index in [1.807, 2.05) is 22.9 Å². The van der Waals surface area contributed by atoms with Crippen molar-refractivity contribution in [2.45, 2.75) is 19.4 Å². The topological polar surface area (TPSA) is 78.9 Å². The Hall–Kier alpha value is -1.47. The predicted octanol–water partition coefficient (Wildman–Crippen LogP) is 2.11. The summed E-state index contributed by atoms with van der Waals surface area (Å²) in [6, 6.07) is 5.75. The van der Waals surface area contributed by atoms with E-state index in [-0.39, 0.29) is 0 Å². The lowest BCUT2D eigenvalue weighted by molar-refractivity contribution is 0.0470. The molecule has 2 heterocycles. The molecule has 0 aliphatic carbocycles. The molecule has 0 bridgehead atoms. The SMILES string of the molecule is Nc1cc(-c2nnnn2CC2CCCOC2)ccc1Br. The van der Waals surface area contributed by atoms with Gasteiger partial charge in [-0.3, -0.25) is 0 Å². The molecule has 0 saturated carbocycles. The first-order valence-electron chi connectivity index (χ1n) is 6.63. The number of nitrogen functional groups attached to an aromatic ring is 1. The molecular weight excluding hydrogens is 322 g/mol. The number of nitrogens with two attached hydrogens (primary N) is 1. The van der Waals surface area contributed by atoms with Gasteiger partial charge in [0.2, 0.25) is 0 Å². The number of aromatic nitrogens is 4. The van der Waals surface area contributed by atoms with Gasteiger partial charge in [0.1, 0.15) is 0 Å². The van der Waals surface area contributed by atoms with Crippen LogP contribution in [0, 0.1) is 5.92 Å². The highest BCUT2D eigenvalue weighted by Crippen LogP contribution is 2.26. The smallest absolute Gasteiger partial charge is 0.182 e. The van der Waals surface area contributed by atoms with Gasteiger partial charge < -0.3 is 10.5 Å². The van der Waals surface area contributed by atoms with Crippen molar-refractivity contribution >= 4 is 21.6 Å². The summed E-state index contributed by atoms with van der Waals surface area (Å²) in [7, 11) is 0. The first-order valence-corrected chi connectivity index (χ1v) is 7.42. The number of rotatable bonds is 3. The minimum Gasteiger partial charge on any atom is -0.398 e. The number of tetrazole rings is 1. The van der Waals surface area contributed by atoms with Gasteiger partial charge in [0.25, 0.3) is 0 Å². The number of benzene rings is 1. The Morgan fingerprint density at radius 2 is 2.35 bits per heavy atom. The second-order valence-electron chi connectivity index (χ2n) is 5.00. The number of ether oxygens (including phenoxy) is 1. The Morgan fingerprint density at radius 1 is 1.45 bits per heavy atom. The Kier molecular flexibility index (Phi) is 3.98. The molecule has 0 radical (unpaired) electrons. The van der Waals surface area contributed by atoms with Crippen molar-refractivity contribution in [3.63, 3.8) is 0 Å². The van der Waals surface area contributed by atoms with Crippen molar-refractivity contribution in [3.05, 3.63) is 22.7 Å². The van der Waals surface area contributed by atoms with Crippen LogP contribution in [0.5, 0.6) is 0 Å². The van der Waals surface area contributed by atoms with Gasteiger partial charge in [0.15, 0.2) is 5.82 Å². The second kappa shape index (κ2) is 5.88. The van der Waals surface area contributed by atoms with E-state index in [1.165, 1.54) is 0 Å². The van der Waals surface area contributed by atoms with Crippen molar-refractivity contribution < 1.29 is 4.74 Å². The van der Waals surface area contributed by atoms with Crippen molar-refractivity contribution in [2.75, 3.05) is 18.9 Å². The standard InChI is InChI=1S/C13H16BrN5O/c14-11-4-3-10(6-12(11)15)13-16-17-18-19(13)7-9-2-1-5-20-8-9/h3-4,6,9H,1-2,5,7-8,15H2. The van der Waals surface area contributed by atoms with Crippen LogP contribution in [0.4, 0.5) is 5.69 Å². The molecule has 106 valence electrons. The highest BCUT2D eigenvalue weighted by Gasteiger charge is 2.18. The van der Waals surface area contributed by atoms with E-state index in [4.69, 9.17) is 10.5 Å². The molecule has 0 spiro atoms. The molecule has 1 saturated heterocycles. The van der Waals surface area contributed by atoms with Crippen LogP contribution in [0.3, 0.4) is 0 Å². The third kappa shape index (κ3) is 2.83. The van der Waals surface area contributed by atoms with Crippen LogP contribution >= 0.6 is 15.9 Å². The third-order valence-corrected chi connectivity index (χ3v) is 4.19. The summed E-state index contributed by atoms with van der Waals surface area (Å²) in [6.07, 6.45) is 2.26. The van der Waals surface area contributed by atoms with Crippen molar-refractivity contribution in [2.24, 2.45) is 5.92 Å². The number of nitrogens with zero attached hydrogens (tertiary/aromatic N) is 4. The zero-order valence-electron chi connectivity index (χ0n) is 11.0. The lowest BCUT2D eigenvalue weighted by Gasteiger charge is -2.21. The molecule has 1 aromatic carbocycles. The summed E-state index contributed by atoms with van der Waals surface area (Å²) >= 11 is 3.39. The van der Waals surface area contributed by atoms with Crippen LogP contribution in [-0.2, 0) is 11.3 Å². The summed E-state index contributed by atoms with van der Waals surface area (Å²) in [5, 5.41) is 12.0. The maximum absolute atomic E-state index is 5.92. The summed E-state index contributed by atoms with van der Waals surface area (Å²) in [4.78, 5) is 0. The lowest BCUT2D eigenvalue weighted by atomic mass is 10.0. The fourth-order valence-electron chi connectivity index (χ4n) is 2.41. The van der Waals surface area contributed by atoms with E-state index >= 15 is 0 Å². The number of anilines is 1. The van der Waals surface area contributed by atoms with Crippen LogP contribution < -0.4 is 5.73 Å². The van der Waals surface area contributed by atoms with E-state index in [1.54, 1.807) is 0 Å². The maximum Gasteiger partial charge on any atom is 0.182 e. The minimum atomic E-state index is 0.471. The Morgan fingerprint density at radius 3 is 3.10 bits per heavy atom. The Balaban J connectivity index is 1.83. The lowest BCUT2D eigenvalue weighted by Crippen LogP contribution is -2.23. The highest BCUT2D eigenvalue weighted by molar-refractivity contribution is 9.10. The third-order valence-electron chi connectivity index (χ3n) is 3.47. The molecule has 2 N–H and O–H groups in total. The summed E-state index contributed by atoms with van der Waals surface area (Å²) < 4.78 is 8.21. The molecule has 3 rings (SSSR count). The predicted molar refractivity (Wildman–Crippen MR) is 78.9 cm³/mol. The van der Waals surface area contributed by atoms with E-state index in [9.17, 15) is 0 Å². The van der Waals surface area contributed by atoms with Crippen molar-refractivity contribution in [3.8, 4) is 11.4 Å². The van der Waals surface area contributed by atoms with Gasteiger partial charge in [0.05, 0.1) is 13.2 Å². The molecule has 6 nitrogen and oxygen atoms in total. The van der Waals surface area contributed by atoms with Gasteiger partial charge in [0, 0.05) is 28.2 Å². The molecule has 1 aromatic heterocycles.